The first-order chi connectivity index (χ1) is 9.45. The van der Waals surface area contributed by atoms with E-state index in [0.29, 0.717) is 10.8 Å². The summed E-state index contributed by atoms with van der Waals surface area (Å²) in [6.07, 6.45) is 0. The molecule has 0 amide bonds. The molecule has 2 N–H and O–H groups in total. The number of nitrogens with one attached hydrogen (secondary N) is 2. The number of rotatable bonds is 2. The topological polar surface area (TPSA) is 24.1 Å². The van der Waals surface area contributed by atoms with Crippen LogP contribution >= 0.6 is 28.1 Å². The lowest BCUT2D eigenvalue weighted by Crippen LogP contribution is -2.19. The minimum atomic E-state index is -0.291. The van der Waals surface area contributed by atoms with E-state index in [1.807, 2.05) is 32.0 Å². The summed E-state index contributed by atoms with van der Waals surface area (Å²) in [6, 6.07) is 10.4. The minimum Gasteiger partial charge on any atom is -0.332 e. The molecule has 0 fully saturated rings. The SMILES string of the molecule is Cc1cc(NC(=S)Nc2cc(F)ccc2C)ccc1Br. The maximum absolute atomic E-state index is 13.2. The molecule has 0 aliphatic carbocycles. The predicted octanol–water partition coefficient (Wildman–Crippen LogP) is 5.01. The summed E-state index contributed by atoms with van der Waals surface area (Å²) in [6.45, 7) is 3.90. The number of hydrogen-bond acceptors (Lipinski definition) is 1. The first kappa shape index (κ1) is 14.9. The minimum absolute atomic E-state index is 0.291. The van der Waals surface area contributed by atoms with E-state index in [1.165, 1.54) is 12.1 Å². The van der Waals surface area contributed by atoms with Crippen molar-refractivity contribution in [1.82, 2.24) is 0 Å². The third kappa shape index (κ3) is 3.77. The number of thiocarbonyl (C=S) groups is 1. The molecule has 20 heavy (non-hydrogen) atoms. The van der Waals surface area contributed by atoms with E-state index in [4.69, 9.17) is 12.2 Å². The third-order valence-corrected chi connectivity index (χ3v) is 3.96. The zero-order chi connectivity index (χ0) is 14.7. The molecule has 0 saturated heterocycles. The van der Waals surface area contributed by atoms with Gasteiger partial charge in [-0.15, -0.1) is 0 Å². The fraction of sp³-hybridized carbons (Fsp3) is 0.133. The molecule has 2 rings (SSSR count). The monoisotopic (exact) mass is 352 g/mol. The van der Waals surface area contributed by atoms with Crippen LogP contribution in [0.1, 0.15) is 11.1 Å². The van der Waals surface area contributed by atoms with E-state index < -0.39 is 0 Å². The molecule has 2 aromatic carbocycles. The molecule has 0 heterocycles. The Bertz CT molecular complexity index is 658. The van der Waals surface area contributed by atoms with Gasteiger partial charge in [-0.3, -0.25) is 0 Å². The summed E-state index contributed by atoms with van der Waals surface area (Å²) in [5, 5.41) is 6.52. The van der Waals surface area contributed by atoms with E-state index in [9.17, 15) is 4.39 Å². The van der Waals surface area contributed by atoms with Crippen LogP contribution in [-0.4, -0.2) is 5.11 Å². The maximum atomic E-state index is 13.2. The molecule has 0 saturated carbocycles. The van der Waals surface area contributed by atoms with Gasteiger partial charge in [0.1, 0.15) is 5.82 Å². The van der Waals surface area contributed by atoms with Gasteiger partial charge in [0.25, 0.3) is 0 Å². The summed E-state index contributed by atoms with van der Waals surface area (Å²) >= 11 is 8.69. The molecule has 0 atom stereocenters. The molecule has 2 aromatic rings. The van der Waals surface area contributed by atoms with Crippen LogP contribution in [0.25, 0.3) is 0 Å². The van der Waals surface area contributed by atoms with Crippen LogP contribution in [0, 0.1) is 19.7 Å². The second-order valence-corrected chi connectivity index (χ2v) is 5.76. The Balaban J connectivity index is 2.09. The van der Waals surface area contributed by atoms with Crippen LogP contribution in [0.5, 0.6) is 0 Å². The lowest BCUT2D eigenvalue weighted by Gasteiger charge is -2.13. The Morgan fingerprint density at radius 3 is 2.50 bits per heavy atom. The summed E-state index contributed by atoms with van der Waals surface area (Å²) in [5.74, 6) is -0.291. The van der Waals surface area contributed by atoms with E-state index in [0.717, 1.165) is 21.3 Å². The third-order valence-electron chi connectivity index (χ3n) is 2.86. The molecule has 0 unspecified atom stereocenters. The van der Waals surface area contributed by atoms with Gasteiger partial charge in [0.15, 0.2) is 5.11 Å². The predicted molar refractivity (Wildman–Crippen MR) is 89.9 cm³/mol. The summed E-state index contributed by atoms with van der Waals surface area (Å²) < 4.78 is 14.3. The molecule has 0 bridgehead atoms. The molecule has 0 aliphatic heterocycles. The van der Waals surface area contributed by atoms with Gasteiger partial charge in [0.05, 0.1) is 0 Å². The summed E-state index contributed by atoms with van der Waals surface area (Å²) in [4.78, 5) is 0. The van der Waals surface area contributed by atoms with Crippen molar-refractivity contribution >= 4 is 44.6 Å². The smallest absolute Gasteiger partial charge is 0.175 e. The van der Waals surface area contributed by atoms with Crippen LogP contribution < -0.4 is 10.6 Å². The number of benzene rings is 2. The van der Waals surface area contributed by atoms with Crippen molar-refractivity contribution < 1.29 is 4.39 Å². The van der Waals surface area contributed by atoms with Gasteiger partial charge in [-0.2, -0.15) is 0 Å². The van der Waals surface area contributed by atoms with E-state index >= 15 is 0 Å². The first-order valence-corrected chi connectivity index (χ1v) is 7.26. The lowest BCUT2D eigenvalue weighted by molar-refractivity contribution is 0.628. The Morgan fingerprint density at radius 1 is 1.05 bits per heavy atom. The maximum Gasteiger partial charge on any atom is 0.175 e. The van der Waals surface area contributed by atoms with Crippen molar-refractivity contribution in [3.05, 3.63) is 57.8 Å². The average molecular weight is 353 g/mol. The van der Waals surface area contributed by atoms with Crippen LogP contribution in [0.4, 0.5) is 15.8 Å². The zero-order valence-corrected chi connectivity index (χ0v) is 13.5. The highest BCUT2D eigenvalue weighted by atomic mass is 79.9. The number of halogens is 2. The van der Waals surface area contributed by atoms with Gasteiger partial charge in [-0.25, -0.2) is 4.39 Å². The zero-order valence-electron chi connectivity index (χ0n) is 11.1. The van der Waals surface area contributed by atoms with E-state index in [-0.39, 0.29) is 5.82 Å². The number of anilines is 2. The molecular weight excluding hydrogens is 339 g/mol. The highest BCUT2D eigenvalue weighted by molar-refractivity contribution is 9.10. The van der Waals surface area contributed by atoms with Gasteiger partial charge < -0.3 is 10.6 Å². The van der Waals surface area contributed by atoms with E-state index in [2.05, 4.69) is 26.6 Å². The molecule has 104 valence electrons. The van der Waals surface area contributed by atoms with Gasteiger partial charge in [-0.1, -0.05) is 22.0 Å². The van der Waals surface area contributed by atoms with Crippen LogP contribution in [0.2, 0.25) is 0 Å². The van der Waals surface area contributed by atoms with Crippen molar-refractivity contribution in [2.75, 3.05) is 10.6 Å². The number of aryl methyl sites for hydroxylation is 2. The molecule has 0 aliphatic rings. The van der Waals surface area contributed by atoms with Crippen molar-refractivity contribution in [3.8, 4) is 0 Å². The molecule has 0 radical (unpaired) electrons. The normalized spacial score (nSPS) is 10.2. The van der Waals surface area contributed by atoms with E-state index in [1.54, 1.807) is 6.07 Å². The molecule has 5 heteroatoms. The molecule has 2 nitrogen and oxygen atoms in total. The summed E-state index contributed by atoms with van der Waals surface area (Å²) in [5.41, 5.74) is 3.59. The Morgan fingerprint density at radius 2 is 1.80 bits per heavy atom. The second-order valence-electron chi connectivity index (χ2n) is 4.50. The molecule has 0 spiro atoms. The Hall–Kier alpha value is -1.46. The van der Waals surface area contributed by atoms with Crippen molar-refractivity contribution in [2.24, 2.45) is 0 Å². The van der Waals surface area contributed by atoms with Gasteiger partial charge in [0.2, 0.25) is 0 Å². The van der Waals surface area contributed by atoms with Crippen molar-refractivity contribution in [1.29, 1.82) is 0 Å². The van der Waals surface area contributed by atoms with Crippen LogP contribution in [-0.2, 0) is 0 Å². The average Bonchev–Trinajstić information content (AvgIpc) is 2.38. The van der Waals surface area contributed by atoms with Gasteiger partial charge >= 0.3 is 0 Å². The number of hydrogen-bond donors (Lipinski definition) is 2. The van der Waals surface area contributed by atoms with Crippen molar-refractivity contribution in [2.45, 2.75) is 13.8 Å². The van der Waals surface area contributed by atoms with Crippen LogP contribution in [0.15, 0.2) is 40.9 Å². The van der Waals surface area contributed by atoms with Crippen molar-refractivity contribution in [3.63, 3.8) is 0 Å². The largest absolute Gasteiger partial charge is 0.332 e. The quantitative estimate of drug-likeness (QED) is 0.742. The van der Waals surface area contributed by atoms with Crippen LogP contribution in [0.3, 0.4) is 0 Å². The fourth-order valence-corrected chi connectivity index (χ4v) is 2.21. The molecule has 0 aromatic heterocycles. The van der Waals surface area contributed by atoms with Gasteiger partial charge in [0, 0.05) is 15.8 Å². The Kier molecular flexibility index (Phi) is 4.73. The summed E-state index contributed by atoms with van der Waals surface area (Å²) in [7, 11) is 0. The first-order valence-electron chi connectivity index (χ1n) is 6.06. The fourth-order valence-electron chi connectivity index (χ4n) is 1.74. The highest BCUT2D eigenvalue weighted by Gasteiger charge is 2.04. The molecular formula is C15H14BrFN2S. The second kappa shape index (κ2) is 6.33. The van der Waals surface area contributed by atoms with Gasteiger partial charge in [-0.05, 0) is 67.5 Å². The lowest BCUT2D eigenvalue weighted by atomic mass is 10.2. The standard InChI is InChI=1S/C15H14BrFN2S/c1-9-3-4-11(17)8-14(9)19-15(20)18-12-5-6-13(16)10(2)7-12/h3-8H,1-2H3,(H2,18,19,20). The Labute approximate surface area is 131 Å². The highest BCUT2D eigenvalue weighted by Crippen LogP contribution is 2.21.